The van der Waals surface area contributed by atoms with E-state index in [9.17, 15) is 0 Å². The third-order valence-electron chi connectivity index (χ3n) is 3.96. The van der Waals surface area contributed by atoms with Gasteiger partial charge in [0.05, 0.1) is 5.69 Å². The van der Waals surface area contributed by atoms with Crippen LogP contribution in [0.4, 0.5) is 0 Å². The lowest BCUT2D eigenvalue weighted by atomic mass is 9.93. The average Bonchev–Trinajstić information content (AvgIpc) is 2.52. The van der Waals surface area contributed by atoms with Crippen molar-refractivity contribution in [2.75, 3.05) is 0 Å². The molecule has 3 heteroatoms. The molecule has 0 aliphatic heterocycles. The van der Waals surface area contributed by atoms with Crippen LogP contribution in [-0.4, -0.2) is 15.8 Å². The van der Waals surface area contributed by atoms with Gasteiger partial charge in [0.15, 0.2) is 0 Å². The fourth-order valence-corrected chi connectivity index (χ4v) is 2.92. The summed E-state index contributed by atoms with van der Waals surface area (Å²) in [5.74, 6) is 0.757. The normalized spacial score (nSPS) is 25.8. The van der Waals surface area contributed by atoms with E-state index in [4.69, 9.17) is 5.73 Å². The Morgan fingerprint density at radius 3 is 2.88 bits per heavy atom. The third kappa shape index (κ3) is 3.32. The molecule has 3 nitrogen and oxygen atoms in total. The van der Waals surface area contributed by atoms with Gasteiger partial charge in [-0.1, -0.05) is 26.2 Å². The van der Waals surface area contributed by atoms with Crippen LogP contribution in [0, 0.1) is 5.92 Å². The SMILES string of the molecule is CCc1cc(CC2CCCCC(N)C2)n(C)n1. The van der Waals surface area contributed by atoms with Gasteiger partial charge in [-0.05, 0) is 37.7 Å². The van der Waals surface area contributed by atoms with E-state index >= 15 is 0 Å². The molecule has 0 aromatic carbocycles. The zero-order chi connectivity index (χ0) is 12.3. The Balaban J connectivity index is 2.00. The second kappa shape index (κ2) is 5.67. The quantitative estimate of drug-likeness (QED) is 0.818. The Kier molecular flexibility index (Phi) is 4.21. The number of hydrogen-bond donors (Lipinski definition) is 1. The second-order valence-corrected chi connectivity index (χ2v) is 5.45. The summed E-state index contributed by atoms with van der Waals surface area (Å²) in [5.41, 5.74) is 8.71. The molecule has 1 aromatic rings. The van der Waals surface area contributed by atoms with Gasteiger partial charge in [-0.3, -0.25) is 4.68 Å². The van der Waals surface area contributed by atoms with Crippen molar-refractivity contribution in [1.29, 1.82) is 0 Å². The highest BCUT2D eigenvalue weighted by molar-refractivity contribution is 5.11. The van der Waals surface area contributed by atoms with Gasteiger partial charge >= 0.3 is 0 Å². The fourth-order valence-electron chi connectivity index (χ4n) is 2.92. The zero-order valence-corrected chi connectivity index (χ0v) is 11.2. The van der Waals surface area contributed by atoms with E-state index in [0.717, 1.165) is 18.8 Å². The topological polar surface area (TPSA) is 43.8 Å². The van der Waals surface area contributed by atoms with E-state index in [-0.39, 0.29) is 0 Å². The van der Waals surface area contributed by atoms with E-state index in [1.54, 1.807) is 0 Å². The van der Waals surface area contributed by atoms with E-state index in [0.29, 0.717) is 6.04 Å². The maximum absolute atomic E-state index is 6.13. The van der Waals surface area contributed by atoms with Crippen LogP contribution in [0.1, 0.15) is 50.4 Å². The molecule has 0 radical (unpaired) electrons. The van der Waals surface area contributed by atoms with Crippen LogP contribution in [0.3, 0.4) is 0 Å². The van der Waals surface area contributed by atoms with Crippen LogP contribution in [0.25, 0.3) is 0 Å². The van der Waals surface area contributed by atoms with Crippen LogP contribution < -0.4 is 5.73 Å². The minimum Gasteiger partial charge on any atom is -0.328 e. The molecule has 1 fully saturated rings. The van der Waals surface area contributed by atoms with E-state index in [1.165, 1.54) is 43.5 Å². The first-order chi connectivity index (χ1) is 8.19. The van der Waals surface area contributed by atoms with Gasteiger partial charge in [0.25, 0.3) is 0 Å². The van der Waals surface area contributed by atoms with Crippen molar-refractivity contribution < 1.29 is 0 Å². The summed E-state index contributed by atoms with van der Waals surface area (Å²) in [6.07, 6.45) is 8.56. The number of aryl methyl sites for hydroxylation is 2. The molecule has 0 bridgehead atoms. The van der Waals surface area contributed by atoms with Crippen molar-refractivity contribution in [2.45, 2.75) is 57.9 Å². The highest BCUT2D eigenvalue weighted by Crippen LogP contribution is 2.25. The van der Waals surface area contributed by atoms with Crippen molar-refractivity contribution in [3.05, 3.63) is 17.5 Å². The van der Waals surface area contributed by atoms with Gasteiger partial charge in [-0.15, -0.1) is 0 Å². The predicted octanol–water partition coefficient (Wildman–Crippen LogP) is 2.43. The molecule has 1 aliphatic rings. The maximum atomic E-state index is 6.13. The molecule has 2 atom stereocenters. The van der Waals surface area contributed by atoms with Gasteiger partial charge in [0.1, 0.15) is 0 Å². The standard InChI is InChI=1S/C14H25N3/c1-3-13-10-14(17(2)16-13)9-11-6-4-5-7-12(15)8-11/h10-12H,3-9,15H2,1-2H3. The molecule has 17 heavy (non-hydrogen) atoms. The van der Waals surface area contributed by atoms with E-state index in [1.807, 2.05) is 0 Å². The zero-order valence-electron chi connectivity index (χ0n) is 11.2. The first kappa shape index (κ1) is 12.6. The minimum atomic E-state index is 0.418. The van der Waals surface area contributed by atoms with Crippen molar-refractivity contribution in [1.82, 2.24) is 9.78 Å². The van der Waals surface area contributed by atoms with E-state index in [2.05, 4.69) is 29.8 Å². The van der Waals surface area contributed by atoms with Gasteiger partial charge in [-0.25, -0.2) is 0 Å². The molecule has 2 unspecified atom stereocenters. The van der Waals surface area contributed by atoms with E-state index < -0.39 is 0 Å². The fraction of sp³-hybridized carbons (Fsp3) is 0.786. The molecule has 1 heterocycles. The van der Waals surface area contributed by atoms with Gasteiger partial charge in [0.2, 0.25) is 0 Å². The van der Waals surface area contributed by atoms with Crippen LogP contribution >= 0.6 is 0 Å². The molecule has 96 valence electrons. The van der Waals surface area contributed by atoms with Crippen molar-refractivity contribution in [3.8, 4) is 0 Å². The summed E-state index contributed by atoms with van der Waals surface area (Å²) >= 11 is 0. The van der Waals surface area contributed by atoms with Crippen molar-refractivity contribution in [3.63, 3.8) is 0 Å². The molecule has 0 spiro atoms. The third-order valence-corrected chi connectivity index (χ3v) is 3.96. The Morgan fingerprint density at radius 1 is 1.41 bits per heavy atom. The molecule has 1 aromatic heterocycles. The molecule has 0 saturated heterocycles. The Morgan fingerprint density at radius 2 is 2.18 bits per heavy atom. The largest absolute Gasteiger partial charge is 0.328 e. The first-order valence-electron chi connectivity index (χ1n) is 6.96. The smallest absolute Gasteiger partial charge is 0.0624 e. The average molecular weight is 235 g/mol. The lowest BCUT2D eigenvalue weighted by Crippen LogP contribution is -2.22. The first-order valence-corrected chi connectivity index (χ1v) is 6.96. The molecule has 2 N–H and O–H groups in total. The molecule has 0 amide bonds. The Labute approximate surface area is 104 Å². The summed E-state index contributed by atoms with van der Waals surface area (Å²) in [6, 6.07) is 2.68. The lowest BCUT2D eigenvalue weighted by Gasteiger charge is -2.16. The van der Waals surface area contributed by atoms with Crippen LogP contribution in [-0.2, 0) is 19.9 Å². The number of hydrogen-bond acceptors (Lipinski definition) is 2. The molecule has 2 rings (SSSR count). The highest BCUT2D eigenvalue weighted by Gasteiger charge is 2.19. The molecular formula is C14H25N3. The monoisotopic (exact) mass is 235 g/mol. The maximum Gasteiger partial charge on any atom is 0.0624 e. The number of nitrogens with zero attached hydrogens (tertiary/aromatic N) is 2. The minimum absolute atomic E-state index is 0.418. The summed E-state index contributed by atoms with van der Waals surface area (Å²) in [7, 11) is 2.06. The predicted molar refractivity (Wildman–Crippen MR) is 70.8 cm³/mol. The number of aromatic nitrogens is 2. The van der Waals surface area contributed by atoms with Gasteiger partial charge < -0.3 is 5.73 Å². The molecule has 1 saturated carbocycles. The second-order valence-electron chi connectivity index (χ2n) is 5.45. The number of rotatable bonds is 3. The molecular weight excluding hydrogens is 210 g/mol. The Bertz CT molecular complexity index is 356. The Hall–Kier alpha value is -0.830. The summed E-state index contributed by atoms with van der Waals surface area (Å²) < 4.78 is 2.05. The van der Waals surface area contributed by atoms with Gasteiger partial charge in [0, 0.05) is 18.8 Å². The van der Waals surface area contributed by atoms with Crippen molar-refractivity contribution in [2.24, 2.45) is 18.7 Å². The summed E-state index contributed by atoms with van der Waals surface area (Å²) in [4.78, 5) is 0. The van der Waals surface area contributed by atoms with Crippen LogP contribution in [0.2, 0.25) is 0 Å². The van der Waals surface area contributed by atoms with Gasteiger partial charge in [-0.2, -0.15) is 5.10 Å². The number of nitrogens with two attached hydrogens (primary N) is 1. The van der Waals surface area contributed by atoms with Crippen LogP contribution in [0.15, 0.2) is 6.07 Å². The van der Waals surface area contributed by atoms with Crippen molar-refractivity contribution >= 4 is 0 Å². The highest BCUT2D eigenvalue weighted by atomic mass is 15.3. The van der Waals surface area contributed by atoms with Crippen LogP contribution in [0.5, 0.6) is 0 Å². The summed E-state index contributed by atoms with van der Waals surface area (Å²) in [5, 5.41) is 4.52. The molecule has 1 aliphatic carbocycles. The lowest BCUT2D eigenvalue weighted by molar-refractivity contribution is 0.420. The summed E-state index contributed by atoms with van der Waals surface area (Å²) in [6.45, 7) is 2.16.